The van der Waals surface area contributed by atoms with Crippen LogP contribution in [0.4, 0.5) is 0 Å². The second-order valence-corrected chi connectivity index (χ2v) is 5.34. The number of carboxylic acid groups (broad SMARTS) is 1. The van der Waals surface area contributed by atoms with Gasteiger partial charge in [0.1, 0.15) is 6.04 Å². The molecule has 0 aromatic rings. The molecule has 1 unspecified atom stereocenters. The Hall–Kier alpha value is -1.06. The topological polar surface area (TPSA) is 66.4 Å². The van der Waals surface area contributed by atoms with Crippen LogP contribution in [0, 0.1) is 11.8 Å². The van der Waals surface area contributed by atoms with E-state index in [1.54, 1.807) is 13.8 Å². The third-order valence-electron chi connectivity index (χ3n) is 3.45. The molecule has 0 heterocycles. The highest BCUT2D eigenvalue weighted by atomic mass is 16.4. The summed E-state index contributed by atoms with van der Waals surface area (Å²) in [6.45, 7) is 3.61. The Kier molecular flexibility index (Phi) is 5.45. The van der Waals surface area contributed by atoms with Crippen LogP contribution in [0.5, 0.6) is 0 Å². The standard InChI is InChI=1S/C13H23NO3/c1-9(2)12(13(16)17)14-11(15)8-10-6-4-3-5-7-10/h9-10,12H,3-8H2,1-2H3,(H,14,15)(H,16,17). The SMILES string of the molecule is CC(C)C(NC(=O)CC1CCCCC1)C(=O)O. The summed E-state index contributed by atoms with van der Waals surface area (Å²) < 4.78 is 0. The number of hydrogen-bond donors (Lipinski definition) is 2. The van der Waals surface area contributed by atoms with Gasteiger partial charge in [-0.3, -0.25) is 4.79 Å². The molecule has 1 amide bonds. The molecule has 0 aromatic carbocycles. The molecule has 0 spiro atoms. The van der Waals surface area contributed by atoms with E-state index in [1.165, 1.54) is 19.3 Å². The molecule has 0 saturated heterocycles. The van der Waals surface area contributed by atoms with Gasteiger partial charge >= 0.3 is 5.97 Å². The van der Waals surface area contributed by atoms with Crippen molar-refractivity contribution in [3.05, 3.63) is 0 Å². The van der Waals surface area contributed by atoms with Crippen molar-refractivity contribution >= 4 is 11.9 Å². The number of aliphatic carboxylic acids is 1. The van der Waals surface area contributed by atoms with Crippen LogP contribution in [0.2, 0.25) is 0 Å². The van der Waals surface area contributed by atoms with Crippen LogP contribution in [0.25, 0.3) is 0 Å². The zero-order valence-electron chi connectivity index (χ0n) is 10.7. The van der Waals surface area contributed by atoms with Crippen LogP contribution in [0.1, 0.15) is 52.4 Å². The summed E-state index contributed by atoms with van der Waals surface area (Å²) in [7, 11) is 0. The summed E-state index contributed by atoms with van der Waals surface area (Å²) in [6.07, 6.45) is 6.35. The lowest BCUT2D eigenvalue weighted by Crippen LogP contribution is -2.44. The average molecular weight is 241 g/mol. The molecule has 1 rings (SSSR count). The van der Waals surface area contributed by atoms with Crippen molar-refractivity contribution in [2.45, 2.75) is 58.4 Å². The number of rotatable bonds is 5. The van der Waals surface area contributed by atoms with Gasteiger partial charge in [0.25, 0.3) is 0 Å². The molecule has 2 N–H and O–H groups in total. The van der Waals surface area contributed by atoms with Gasteiger partial charge in [-0.1, -0.05) is 33.1 Å². The highest BCUT2D eigenvalue weighted by Crippen LogP contribution is 2.26. The first-order valence-corrected chi connectivity index (χ1v) is 6.53. The Morgan fingerprint density at radius 1 is 1.24 bits per heavy atom. The summed E-state index contributed by atoms with van der Waals surface area (Å²) in [4.78, 5) is 22.7. The maximum atomic E-state index is 11.8. The third kappa shape index (κ3) is 4.75. The van der Waals surface area contributed by atoms with Crippen molar-refractivity contribution < 1.29 is 14.7 Å². The Bertz CT molecular complexity index is 270. The molecule has 0 radical (unpaired) electrons. The van der Waals surface area contributed by atoms with Gasteiger partial charge in [-0.15, -0.1) is 0 Å². The summed E-state index contributed by atoms with van der Waals surface area (Å²) in [6, 6.07) is -0.758. The van der Waals surface area contributed by atoms with Gasteiger partial charge < -0.3 is 10.4 Å². The van der Waals surface area contributed by atoms with Crippen molar-refractivity contribution in [2.24, 2.45) is 11.8 Å². The molecule has 1 aliphatic rings. The maximum Gasteiger partial charge on any atom is 0.326 e. The molecule has 17 heavy (non-hydrogen) atoms. The first-order chi connectivity index (χ1) is 8.00. The third-order valence-corrected chi connectivity index (χ3v) is 3.45. The fourth-order valence-corrected chi connectivity index (χ4v) is 2.40. The Morgan fingerprint density at radius 2 is 1.82 bits per heavy atom. The van der Waals surface area contributed by atoms with Gasteiger partial charge in [-0.25, -0.2) is 4.79 Å². The minimum atomic E-state index is -0.947. The Morgan fingerprint density at radius 3 is 2.29 bits per heavy atom. The van der Waals surface area contributed by atoms with Crippen LogP contribution in [-0.2, 0) is 9.59 Å². The fourth-order valence-electron chi connectivity index (χ4n) is 2.40. The van der Waals surface area contributed by atoms with Gasteiger partial charge in [0.2, 0.25) is 5.91 Å². The van der Waals surface area contributed by atoms with E-state index in [1.807, 2.05) is 0 Å². The lowest BCUT2D eigenvalue weighted by Gasteiger charge is -2.23. The van der Waals surface area contributed by atoms with Gasteiger partial charge in [0, 0.05) is 6.42 Å². The largest absolute Gasteiger partial charge is 0.480 e. The molecule has 0 bridgehead atoms. The monoisotopic (exact) mass is 241 g/mol. The number of hydrogen-bond acceptors (Lipinski definition) is 2. The van der Waals surface area contributed by atoms with Gasteiger partial charge in [-0.05, 0) is 24.7 Å². The zero-order valence-corrected chi connectivity index (χ0v) is 10.7. The van der Waals surface area contributed by atoms with Crippen molar-refractivity contribution in [2.75, 3.05) is 0 Å². The average Bonchev–Trinajstić information content (AvgIpc) is 2.26. The predicted molar refractivity (Wildman–Crippen MR) is 65.6 cm³/mol. The van der Waals surface area contributed by atoms with Crippen LogP contribution in [-0.4, -0.2) is 23.0 Å². The van der Waals surface area contributed by atoms with E-state index in [0.717, 1.165) is 12.8 Å². The van der Waals surface area contributed by atoms with Crippen LogP contribution < -0.4 is 5.32 Å². The minimum Gasteiger partial charge on any atom is -0.480 e. The molecule has 4 nitrogen and oxygen atoms in total. The zero-order chi connectivity index (χ0) is 12.8. The highest BCUT2D eigenvalue weighted by molar-refractivity contribution is 5.83. The number of carbonyl (C=O) groups is 2. The fraction of sp³-hybridized carbons (Fsp3) is 0.846. The first kappa shape index (κ1) is 14.0. The Balaban J connectivity index is 2.38. The maximum absolute atomic E-state index is 11.8. The molecule has 0 aliphatic heterocycles. The Labute approximate surface area is 103 Å². The molecule has 1 fully saturated rings. The molecule has 1 saturated carbocycles. The first-order valence-electron chi connectivity index (χ1n) is 6.53. The number of carboxylic acids is 1. The number of nitrogens with one attached hydrogen (secondary N) is 1. The smallest absolute Gasteiger partial charge is 0.326 e. The van der Waals surface area contributed by atoms with Crippen LogP contribution in [0.3, 0.4) is 0 Å². The van der Waals surface area contributed by atoms with Crippen LogP contribution in [0.15, 0.2) is 0 Å². The van der Waals surface area contributed by atoms with E-state index >= 15 is 0 Å². The van der Waals surface area contributed by atoms with Gasteiger partial charge in [0.15, 0.2) is 0 Å². The lowest BCUT2D eigenvalue weighted by molar-refractivity contribution is -0.143. The quantitative estimate of drug-likeness (QED) is 0.775. The molecule has 1 aliphatic carbocycles. The van der Waals surface area contributed by atoms with E-state index in [9.17, 15) is 9.59 Å². The molecule has 4 heteroatoms. The van der Waals surface area contributed by atoms with Crippen molar-refractivity contribution in [3.8, 4) is 0 Å². The number of carbonyl (C=O) groups excluding carboxylic acids is 1. The summed E-state index contributed by atoms with van der Waals surface area (Å²) in [5.41, 5.74) is 0. The van der Waals surface area contributed by atoms with E-state index in [-0.39, 0.29) is 11.8 Å². The van der Waals surface area contributed by atoms with E-state index < -0.39 is 12.0 Å². The van der Waals surface area contributed by atoms with Gasteiger partial charge in [-0.2, -0.15) is 0 Å². The second-order valence-electron chi connectivity index (χ2n) is 5.34. The molecular formula is C13H23NO3. The van der Waals surface area contributed by atoms with Crippen molar-refractivity contribution in [1.82, 2.24) is 5.32 Å². The minimum absolute atomic E-state index is 0.0807. The highest BCUT2D eigenvalue weighted by Gasteiger charge is 2.25. The predicted octanol–water partition coefficient (Wildman–Crippen LogP) is 2.18. The summed E-state index contributed by atoms with van der Waals surface area (Å²) >= 11 is 0. The van der Waals surface area contributed by atoms with E-state index in [0.29, 0.717) is 12.3 Å². The summed E-state index contributed by atoms with van der Waals surface area (Å²) in [5, 5.41) is 11.6. The molecular weight excluding hydrogens is 218 g/mol. The molecule has 98 valence electrons. The molecule has 0 aromatic heterocycles. The van der Waals surface area contributed by atoms with E-state index in [4.69, 9.17) is 5.11 Å². The van der Waals surface area contributed by atoms with Crippen molar-refractivity contribution in [1.29, 1.82) is 0 Å². The van der Waals surface area contributed by atoms with Crippen LogP contribution >= 0.6 is 0 Å². The lowest BCUT2D eigenvalue weighted by atomic mass is 9.86. The second kappa shape index (κ2) is 6.62. The van der Waals surface area contributed by atoms with E-state index in [2.05, 4.69) is 5.32 Å². The molecule has 1 atom stereocenters. The number of amides is 1. The van der Waals surface area contributed by atoms with Crippen molar-refractivity contribution in [3.63, 3.8) is 0 Å². The normalized spacial score (nSPS) is 19.0. The van der Waals surface area contributed by atoms with Gasteiger partial charge in [0.05, 0.1) is 0 Å². The summed E-state index contributed by atoms with van der Waals surface area (Å²) in [5.74, 6) is -0.692.